The zero-order valence-electron chi connectivity index (χ0n) is 12.6. The number of nitrogens with zero attached hydrogens (tertiary/aromatic N) is 1. The normalized spacial score (nSPS) is 29.8. The van der Waals surface area contributed by atoms with Crippen molar-refractivity contribution in [2.45, 2.75) is 44.8 Å². The quantitative estimate of drug-likeness (QED) is 0.681. The molecule has 2 aliphatic heterocycles. The van der Waals surface area contributed by atoms with E-state index in [1.807, 2.05) is 20.8 Å². The van der Waals surface area contributed by atoms with Gasteiger partial charge in [-0.3, -0.25) is 0 Å². The lowest BCUT2D eigenvalue weighted by molar-refractivity contribution is -0.192. The summed E-state index contributed by atoms with van der Waals surface area (Å²) in [6.07, 6.45) is 1.30. The van der Waals surface area contributed by atoms with Crippen molar-refractivity contribution in [2.24, 2.45) is 5.41 Å². The lowest BCUT2D eigenvalue weighted by Crippen LogP contribution is -2.74. The Labute approximate surface area is 120 Å². The second-order valence-corrected chi connectivity index (χ2v) is 7.09. The highest BCUT2D eigenvalue weighted by molar-refractivity contribution is 5.69. The van der Waals surface area contributed by atoms with Crippen LogP contribution in [0.2, 0.25) is 0 Å². The third-order valence-electron chi connectivity index (χ3n) is 4.32. The summed E-state index contributed by atoms with van der Waals surface area (Å²) in [7, 11) is 0. The molecular formula is C14H26N2O4. The van der Waals surface area contributed by atoms with E-state index in [1.54, 1.807) is 0 Å². The highest BCUT2D eigenvalue weighted by Gasteiger charge is 2.58. The number of β-amino-alcohol motifs (C(OH)–C–C–N with tert-alkyl or cyclic N) is 1. The number of likely N-dealkylation sites (tertiary alicyclic amines) is 1. The first kappa shape index (κ1) is 15.5. The third kappa shape index (κ3) is 2.77. The van der Waals surface area contributed by atoms with Gasteiger partial charge in [0.05, 0.1) is 19.7 Å². The minimum absolute atomic E-state index is 0.0708. The van der Waals surface area contributed by atoms with Gasteiger partial charge in [0.25, 0.3) is 0 Å². The second-order valence-electron chi connectivity index (χ2n) is 7.09. The maximum atomic E-state index is 11.9. The van der Waals surface area contributed by atoms with E-state index in [4.69, 9.17) is 4.74 Å². The molecule has 1 atom stereocenters. The molecule has 0 saturated carbocycles. The summed E-state index contributed by atoms with van der Waals surface area (Å²) in [5, 5.41) is 23.7. The van der Waals surface area contributed by atoms with Crippen LogP contribution in [-0.4, -0.2) is 65.2 Å². The van der Waals surface area contributed by atoms with Crippen LogP contribution in [0.15, 0.2) is 0 Å². The number of ether oxygens (including phenoxy) is 1. The van der Waals surface area contributed by atoms with E-state index < -0.39 is 22.7 Å². The van der Waals surface area contributed by atoms with E-state index in [-0.39, 0.29) is 19.7 Å². The highest BCUT2D eigenvalue weighted by atomic mass is 16.6. The Morgan fingerprint density at radius 1 is 1.40 bits per heavy atom. The molecule has 0 aliphatic carbocycles. The minimum atomic E-state index is -1.02. The number of aliphatic hydroxyl groups is 2. The third-order valence-corrected chi connectivity index (χ3v) is 4.32. The van der Waals surface area contributed by atoms with Gasteiger partial charge in [0.1, 0.15) is 11.2 Å². The predicted molar refractivity (Wildman–Crippen MR) is 74.4 cm³/mol. The number of hydrogen-bond donors (Lipinski definition) is 3. The van der Waals surface area contributed by atoms with Crippen molar-refractivity contribution < 1.29 is 19.7 Å². The topological polar surface area (TPSA) is 82.0 Å². The van der Waals surface area contributed by atoms with Gasteiger partial charge in [-0.15, -0.1) is 0 Å². The number of hydrogen-bond acceptors (Lipinski definition) is 5. The first-order valence-electron chi connectivity index (χ1n) is 7.23. The maximum Gasteiger partial charge on any atom is 0.410 e. The average molecular weight is 286 g/mol. The van der Waals surface area contributed by atoms with Crippen LogP contribution in [0.5, 0.6) is 0 Å². The molecule has 3 N–H and O–H groups in total. The molecule has 0 bridgehead atoms. The Morgan fingerprint density at radius 3 is 2.50 bits per heavy atom. The Bertz CT molecular complexity index is 366. The number of rotatable bonds is 2. The second kappa shape index (κ2) is 5.16. The maximum absolute atomic E-state index is 11.9. The molecule has 0 radical (unpaired) electrons. The van der Waals surface area contributed by atoms with Crippen molar-refractivity contribution in [1.29, 1.82) is 0 Å². The lowest BCUT2D eigenvalue weighted by Gasteiger charge is -2.57. The van der Waals surface area contributed by atoms with Crippen molar-refractivity contribution >= 4 is 6.09 Å². The van der Waals surface area contributed by atoms with Crippen molar-refractivity contribution in [3.05, 3.63) is 0 Å². The zero-order chi connectivity index (χ0) is 15.0. The molecule has 2 heterocycles. The van der Waals surface area contributed by atoms with Gasteiger partial charge in [-0.25, -0.2) is 4.79 Å². The Hall–Kier alpha value is -0.850. The van der Waals surface area contributed by atoms with Crippen molar-refractivity contribution in [3.63, 3.8) is 0 Å². The van der Waals surface area contributed by atoms with Gasteiger partial charge in [-0.1, -0.05) is 0 Å². The number of nitrogens with one attached hydrogen (secondary N) is 1. The first-order valence-corrected chi connectivity index (χ1v) is 7.23. The summed E-state index contributed by atoms with van der Waals surface area (Å²) >= 11 is 0. The summed E-state index contributed by atoms with van der Waals surface area (Å²) in [6, 6.07) is 0. The van der Waals surface area contributed by atoms with Crippen LogP contribution in [-0.2, 0) is 4.74 Å². The van der Waals surface area contributed by atoms with Gasteiger partial charge >= 0.3 is 6.09 Å². The molecule has 116 valence electrons. The van der Waals surface area contributed by atoms with E-state index in [2.05, 4.69) is 5.32 Å². The van der Waals surface area contributed by atoms with Crippen LogP contribution < -0.4 is 5.32 Å². The van der Waals surface area contributed by atoms with E-state index in [0.717, 1.165) is 19.4 Å². The smallest absolute Gasteiger partial charge is 0.410 e. The van der Waals surface area contributed by atoms with E-state index in [1.165, 1.54) is 4.90 Å². The zero-order valence-corrected chi connectivity index (χ0v) is 12.6. The van der Waals surface area contributed by atoms with E-state index in [0.29, 0.717) is 6.54 Å². The molecule has 0 aromatic carbocycles. The molecule has 2 rings (SSSR count). The fourth-order valence-electron chi connectivity index (χ4n) is 3.02. The van der Waals surface area contributed by atoms with Gasteiger partial charge in [0.15, 0.2) is 0 Å². The molecule has 6 nitrogen and oxygen atoms in total. The summed E-state index contributed by atoms with van der Waals surface area (Å²) in [4.78, 5) is 13.4. The Kier molecular flexibility index (Phi) is 4.01. The lowest BCUT2D eigenvalue weighted by atomic mass is 9.64. The molecule has 6 heteroatoms. The molecule has 0 aromatic rings. The predicted octanol–water partition coefficient (Wildman–Crippen LogP) is 0.330. The molecule has 0 aromatic heterocycles. The Balaban J connectivity index is 1.97. The summed E-state index contributed by atoms with van der Waals surface area (Å²) in [6.45, 7) is 7.33. The molecule has 1 unspecified atom stereocenters. The van der Waals surface area contributed by atoms with Crippen molar-refractivity contribution in [1.82, 2.24) is 10.2 Å². The molecule has 2 aliphatic rings. The number of amides is 1. The standard InChI is InChI=1S/C14H26N2O4/c1-12(2,3)20-11(18)16-8-14(19,9-16)13(10-17)5-4-6-15-7-13/h15,17,19H,4-10H2,1-3H3. The number of aliphatic hydroxyl groups excluding tert-OH is 1. The minimum Gasteiger partial charge on any atom is -0.444 e. The number of piperidine rings is 1. The number of carbonyl (C=O) groups is 1. The summed E-state index contributed by atoms with van der Waals surface area (Å²) in [5.74, 6) is 0. The van der Waals surface area contributed by atoms with Gasteiger partial charge in [-0.2, -0.15) is 0 Å². The van der Waals surface area contributed by atoms with Gasteiger partial charge in [0, 0.05) is 12.0 Å². The fourth-order valence-corrected chi connectivity index (χ4v) is 3.02. The fraction of sp³-hybridized carbons (Fsp3) is 0.929. The van der Waals surface area contributed by atoms with Gasteiger partial charge < -0.3 is 25.2 Å². The molecule has 20 heavy (non-hydrogen) atoms. The number of carbonyl (C=O) groups excluding carboxylic acids is 1. The van der Waals surface area contributed by atoms with Crippen LogP contribution in [0.1, 0.15) is 33.6 Å². The van der Waals surface area contributed by atoms with Crippen LogP contribution in [0.25, 0.3) is 0 Å². The van der Waals surface area contributed by atoms with Crippen LogP contribution in [0, 0.1) is 5.41 Å². The molecule has 0 spiro atoms. The monoisotopic (exact) mass is 286 g/mol. The van der Waals surface area contributed by atoms with Crippen LogP contribution in [0.4, 0.5) is 4.79 Å². The highest BCUT2D eigenvalue weighted by Crippen LogP contribution is 2.43. The van der Waals surface area contributed by atoms with Crippen LogP contribution in [0.3, 0.4) is 0 Å². The van der Waals surface area contributed by atoms with E-state index in [9.17, 15) is 15.0 Å². The molecule has 1 amide bonds. The first-order chi connectivity index (χ1) is 9.21. The molecule has 2 fully saturated rings. The van der Waals surface area contributed by atoms with Crippen molar-refractivity contribution in [3.8, 4) is 0 Å². The molecular weight excluding hydrogens is 260 g/mol. The van der Waals surface area contributed by atoms with Crippen LogP contribution >= 0.6 is 0 Å². The molecule has 2 saturated heterocycles. The Morgan fingerprint density at radius 2 is 2.05 bits per heavy atom. The summed E-state index contributed by atoms with van der Waals surface area (Å²) in [5.41, 5.74) is -2.11. The summed E-state index contributed by atoms with van der Waals surface area (Å²) < 4.78 is 5.29. The van der Waals surface area contributed by atoms with Gasteiger partial charge in [-0.05, 0) is 40.2 Å². The van der Waals surface area contributed by atoms with Gasteiger partial charge in [0.2, 0.25) is 0 Å². The SMILES string of the molecule is CC(C)(C)OC(=O)N1CC(O)(C2(CO)CCCNC2)C1. The van der Waals surface area contributed by atoms with E-state index >= 15 is 0 Å². The van der Waals surface area contributed by atoms with Crippen molar-refractivity contribution in [2.75, 3.05) is 32.8 Å². The largest absolute Gasteiger partial charge is 0.444 e. The average Bonchev–Trinajstić information content (AvgIpc) is 2.33.